The number of aromatic amines is 1. The summed E-state index contributed by atoms with van der Waals surface area (Å²) >= 11 is 6.08. The molecule has 0 saturated carbocycles. The third-order valence-electron chi connectivity index (χ3n) is 5.49. The van der Waals surface area contributed by atoms with Crippen LogP contribution < -0.4 is 9.80 Å². The fourth-order valence-electron chi connectivity index (χ4n) is 3.81. The Bertz CT molecular complexity index is 958. The summed E-state index contributed by atoms with van der Waals surface area (Å²) in [4.78, 5) is 24.4. The maximum atomic E-state index is 6.08. The third kappa shape index (κ3) is 3.11. The van der Waals surface area contributed by atoms with Crippen molar-refractivity contribution in [1.82, 2.24) is 24.8 Å². The van der Waals surface area contributed by atoms with Gasteiger partial charge >= 0.3 is 0 Å². The maximum Gasteiger partial charge on any atom is 0.172 e. The summed E-state index contributed by atoms with van der Waals surface area (Å²) in [7, 11) is 2.16. The Hall–Kier alpha value is -2.38. The van der Waals surface area contributed by atoms with Gasteiger partial charge in [-0.25, -0.2) is 15.0 Å². The van der Waals surface area contributed by atoms with E-state index in [0.29, 0.717) is 5.92 Å². The predicted octanol–water partition coefficient (Wildman–Crippen LogP) is 2.36. The van der Waals surface area contributed by atoms with Crippen molar-refractivity contribution in [3.63, 3.8) is 0 Å². The number of aromatic nitrogens is 4. The normalized spacial score (nSPS) is 18.9. The fraction of sp³-hybridized carbons (Fsp3) is 0.421. The predicted molar refractivity (Wildman–Crippen MR) is 108 cm³/mol. The van der Waals surface area contributed by atoms with Crippen LogP contribution in [0.1, 0.15) is 11.7 Å². The molecule has 140 valence electrons. The highest BCUT2D eigenvalue weighted by atomic mass is 35.5. The molecule has 2 saturated heterocycles. The van der Waals surface area contributed by atoms with Gasteiger partial charge < -0.3 is 19.7 Å². The summed E-state index contributed by atoms with van der Waals surface area (Å²) < 4.78 is 0. The highest BCUT2D eigenvalue weighted by Crippen LogP contribution is 2.34. The van der Waals surface area contributed by atoms with Crippen LogP contribution >= 0.6 is 11.6 Å². The Morgan fingerprint density at radius 1 is 1.00 bits per heavy atom. The van der Waals surface area contributed by atoms with Crippen molar-refractivity contribution in [3.8, 4) is 0 Å². The van der Waals surface area contributed by atoms with Crippen molar-refractivity contribution in [3.05, 3.63) is 41.4 Å². The molecule has 27 heavy (non-hydrogen) atoms. The van der Waals surface area contributed by atoms with Crippen LogP contribution in [-0.2, 0) is 0 Å². The highest BCUT2D eigenvalue weighted by molar-refractivity contribution is 6.31. The number of imidazole rings is 1. The molecule has 1 aromatic carbocycles. The Balaban J connectivity index is 1.33. The Labute approximate surface area is 163 Å². The van der Waals surface area contributed by atoms with E-state index in [1.807, 2.05) is 18.2 Å². The van der Waals surface area contributed by atoms with Crippen LogP contribution in [0.4, 0.5) is 11.6 Å². The molecule has 0 unspecified atom stereocenters. The second-order valence-corrected chi connectivity index (χ2v) is 7.82. The van der Waals surface area contributed by atoms with E-state index in [4.69, 9.17) is 16.6 Å². The van der Waals surface area contributed by atoms with Gasteiger partial charge in [-0.05, 0) is 25.2 Å². The van der Waals surface area contributed by atoms with Gasteiger partial charge in [0.05, 0.1) is 17.0 Å². The summed E-state index contributed by atoms with van der Waals surface area (Å²) in [5.41, 5.74) is 1.96. The van der Waals surface area contributed by atoms with E-state index in [1.165, 1.54) is 0 Å². The van der Waals surface area contributed by atoms with E-state index < -0.39 is 0 Å². The summed E-state index contributed by atoms with van der Waals surface area (Å²) in [5.74, 6) is 3.38. The van der Waals surface area contributed by atoms with Crippen LogP contribution in [0.2, 0.25) is 5.02 Å². The zero-order valence-electron chi connectivity index (χ0n) is 15.3. The second kappa shape index (κ2) is 6.65. The second-order valence-electron chi connectivity index (χ2n) is 7.38. The zero-order valence-corrected chi connectivity index (χ0v) is 16.0. The molecule has 0 bridgehead atoms. The van der Waals surface area contributed by atoms with Crippen molar-refractivity contribution < 1.29 is 0 Å². The number of hydrogen-bond donors (Lipinski definition) is 1. The number of anilines is 2. The van der Waals surface area contributed by atoms with Crippen LogP contribution in [0.15, 0.2) is 30.6 Å². The Morgan fingerprint density at radius 2 is 1.70 bits per heavy atom. The first-order valence-corrected chi connectivity index (χ1v) is 9.70. The largest absolute Gasteiger partial charge is 0.352 e. The number of likely N-dealkylation sites (N-methyl/N-ethyl adjacent to an activating group) is 1. The molecule has 0 atom stereocenters. The minimum atomic E-state index is 0.374. The molecule has 2 fully saturated rings. The van der Waals surface area contributed by atoms with E-state index in [9.17, 15) is 0 Å². The van der Waals surface area contributed by atoms with Gasteiger partial charge in [-0.1, -0.05) is 11.6 Å². The molecular formula is C19H22ClN7. The molecule has 2 aromatic heterocycles. The zero-order chi connectivity index (χ0) is 18.4. The lowest BCUT2D eigenvalue weighted by Gasteiger charge is -2.41. The number of piperazine rings is 1. The van der Waals surface area contributed by atoms with Gasteiger partial charge in [-0.15, -0.1) is 0 Å². The number of H-pyrrole nitrogens is 1. The monoisotopic (exact) mass is 383 g/mol. The smallest absolute Gasteiger partial charge is 0.172 e. The van der Waals surface area contributed by atoms with Crippen LogP contribution in [-0.4, -0.2) is 71.2 Å². The van der Waals surface area contributed by atoms with Gasteiger partial charge in [0, 0.05) is 56.7 Å². The number of halogens is 1. The van der Waals surface area contributed by atoms with E-state index in [-0.39, 0.29) is 0 Å². The Kier molecular flexibility index (Phi) is 4.13. The van der Waals surface area contributed by atoms with Gasteiger partial charge in [0.1, 0.15) is 5.82 Å². The third-order valence-corrected chi connectivity index (χ3v) is 5.73. The average molecular weight is 384 g/mol. The lowest BCUT2D eigenvalue weighted by Crippen LogP contribution is -2.49. The van der Waals surface area contributed by atoms with E-state index >= 15 is 0 Å². The number of hydrogen-bond acceptors (Lipinski definition) is 6. The molecule has 0 aliphatic carbocycles. The number of rotatable bonds is 3. The first-order valence-electron chi connectivity index (χ1n) is 9.32. The van der Waals surface area contributed by atoms with Gasteiger partial charge in [-0.3, -0.25) is 0 Å². The first kappa shape index (κ1) is 16.8. The topological polar surface area (TPSA) is 64.2 Å². The minimum absolute atomic E-state index is 0.374. The molecule has 3 aromatic rings. The molecule has 1 N–H and O–H groups in total. The SMILES string of the molecule is CN1CCN(c2nccnc2N2CC(c3nc4ccc(Cl)cc4[nH]3)C2)CC1. The van der Waals surface area contributed by atoms with Crippen LogP contribution in [0.25, 0.3) is 11.0 Å². The number of fused-ring (bicyclic) bond motifs is 1. The lowest BCUT2D eigenvalue weighted by atomic mass is 9.99. The van der Waals surface area contributed by atoms with Gasteiger partial charge in [-0.2, -0.15) is 0 Å². The number of nitrogens with one attached hydrogen (secondary N) is 1. The highest BCUT2D eigenvalue weighted by Gasteiger charge is 2.34. The maximum absolute atomic E-state index is 6.08. The summed E-state index contributed by atoms with van der Waals surface area (Å²) in [6.07, 6.45) is 3.57. The molecule has 2 aliphatic heterocycles. The number of benzene rings is 1. The van der Waals surface area contributed by atoms with Crippen molar-refractivity contribution in [2.75, 3.05) is 56.1 Å². The van der Waals surface area contributed by atoms with Crippen LogP contribution in [0, 0.1) is 0 Å². The van der Waals surface area contributed by atoms with Crippen molar-refractivity contribution in [1.29, 1.82) is 0 Å². The van der Waals surface area contributed by atoms with E-state index in [2.05, 4.69) is 36.7 Å². The molecule has 8 heteroatoms. The molecule has 4 heterocycles. The van der Waals surface area contributed by atoms with Crippen molar-refractivity contribution in [2.45, 2.75) is 5.92 Å². The lowest BCUT2D eigenvalue weighted by molar-refractivity contribution is 0.312. The molecular weight excluding hydrogens is 362 g/mol. The van der Waals surface area contributed by atoms with E-state index in [1.54, 1.807) is 12.4 Å². The summed E-state index contributed by atoms with van der Waals surface area (Å²) in [6, 6.07) is 5.77. The quantitative estimate of drug-likeness (QED) is 0.749. The van der Waals surface area contributed by atoms with Crippen molar-refractivity contribution >= 4 is 34.3 Å². The molecule has 0 amide bonds. The van der Waals surface area contributed by atoms with Crippen LogP contribution in [0.3, 0.4) is 0 Å². The van der Waals surface area contributed by atoms with Gasteiger partial charge in [0.15, 0.2) is 11.6 Å². The average Bonchev–Trinajstić information content (AvgIpc) is 3.04. The standard InChI is InChI=1S/C19H22ClN7/c1-25-6-8-26(9-7-25)18-19(22-5-4-21-18)27-11-13(12-27)17-23-15-3-2-14(20)10-16(15)24-17/h2-5,10,13H,6-9,11-12H2,1H3,(H,23,24). The summed E-state index contributed by atoms with van der Waals surface area (Å²) in [6.45, 7) is 5.88. The molecule has 0 radical (unpaired) electrons. The molecule has 2 aliphatic rings. The van der Waals surface area contributed by atoms with Gasteiger partial charge in [0.25, 0.3) is 0 Å². The molecule has 5 rings (SSSR count). The van der Waals surface area contributed by atoms with Gasteiger partial charge in [0.2, 0.25) is 0 Å². The first-order chi connectivity index (χ1) is 13.2. The fourth-order valence-corrected chi connectivity index (χ4v) is 3.98. The summed E-state index contributed by atoms with van der Waals surface area (Å²) in [5, 5.41) is 0.726. The van der Waals surface area contributed by atoms with Crippen molar-refractivity contribution in [2.24, 2.45) is 0 Å². The Morgan fingerprint density at radius 3 is 2.44 bits per heavy atom. The number of nitrogens with zero attached hydrogens (tertiary/aromatic N) is 6. The molecule has 0 spiro atoms. The molecule has 7 nitrogen and oxygen atoms in total. The van der Waals surface area contributed by atoms with Crippen LogP contribution in [0.5, 0.6) is 0 Å². The minimum Gasteiger partial charge on any atom is -0.352 e. The van der Waals surface area contributed by atoms with E-state index in [0.717, 1.165) is 72.8 Å².